The van der Waals surface area contributed by atoms with E-state index in [4.69, 9.17) is 5.73 Å². The van der Waals surface area contributed by atoms with Crippen LogP contribution in [0.4, 0.5) is 0 Å². The molecule has 0 atom stereocenters. The molecule has 0 bridgehead atoms. The molecule has 0 radical (unpaired) electrons. The minimum atomic E-state index is 0.169. The van der Waals surface area contributed by atoms with E-state index in [1.165, 1.54) is 0 Å². The van der Waals surface area contributed by atoms with Gasteiger partial charge in [0.15, 0.2) is 0 Å². The highest BCUT2D eigenvalue weighted by Gasteiger charge is 1.97. The largest absolute Gasteiger partial charge is 0.330 e. The van der Waals surface area contributed by atoms with Crippen LogP contribution in [-0.4, -0.2) is 12.3 Å². The third-order valence-corrected chi connectivity index (χ3v) is 1.88. The summed E-state index contributed by atoms with van der Waals surface area (Å²) in [7, 11) is 0. The highest BCUT2D eigenvalue weighted by molar-refractivity contribution is 5.78. The van der Waals surface area contributed by atoms with Gasteiger partial charge in [0.1, 0.15) is 5.78 Å². The van der Waals surface area contributed by atoms with Crippen molar-refractivity contribution in [1.29, 1.82) is 0 Å². The van der Waals surface area contributed by atoms with Crippen molar-refractivity contribution in [3.8, 4) is 11.8 Å². The van der Waals surface area contributed by atoms with Crippen molar-refractivity contribution in [3.63, 3.8) is 0 Å². The summed E-state index contributed by atoms with van der Waals surface area (Å²) in [5, 5.41) is 0. The molecule has 2 nitrogen and oxygen atoms in total. The molecular weight excluding hydrogens is 186 g/mol. The fraction of sp³-hybridized carbons (Fsp3) is 0.308. The molecule has 0 aliphatic rings. The van der Waals surface area contributed by atoms with Gasteiger partial charge in [-0.05, 0) is 24.6 Å². The van der Waals surface area contributed by atoms with Crippen LogP contribution in [0.5, 0.6) is 0 Å². The molecule has 1 aromatic rings. The Kier molecular flexibility index (Phi) is 4.59. The van der Waals surface area contributed by atoms with Crippen molar-refractivity contribution in [2.45, 2.75) is 19.8 Å². The van der Waals surface area contributed by atoms with Gasteiger partial charge in [-0.15, -0.1) is 0 Å². The average molecular weight is 201 g/mol. The minimum Gasteiger partial charge on any atom is -0.330 e. The Balaban J connectivity index is 2.75. The molecule has 0 unspecified atom stereocenters. The number of Topliss-reactive ketones (excluding diaryl/α,β-unsaturated/α-hetero) is 1. The smallest absolute Gasteiger partial charge is 0.134 e. The van der Waals surface area contributed by atoms with Gasteiger partial charge < -0.3 is 5.73 Å². The lowest BCUT2D eigenvalue weighted by molar-refractivity contribution is -0.116. The summed E-state index contributed by atoms with van der Waals surface area (Å²) in [6.07, 6.45) is 1.18. The molecule has 0 fully saturated rings. The second-order valence-electron chi connectivity index (χ2n) is 3.42. The zero-order valence-corrected chi connectivity index (χ0v) is 8.92. The van der Waals surface area contributed by atoms with E-state index in [-0.39, 0.29) is 5.78 Å². The number of carbonyl (C=O) groups excluding carboxylic acids is 1. The maximum absolute atomic E-state index is 10.9. The normalized spacial score (nSPS) is 9.20. The first-order valence-electron chi connectivity index (χ1n) is 4.99. The van der Waals surface area contributed by atoms with Gasteiger partial charge >= 0.3 is 0 Å². The highest BCUT2D eigenvalue weighted by atomic mass is 16.1. The summed E-state index contributed by atoms with van der Waals surface area (Å²) in [5.41, 5.74) is 7.30. The van der Waals surface area contributed by atoms with Gasteiger partial charge in [-0.1, -0.05) is 24.0 Å². The van der Waals surface area contributed by atoms with E-state index in [9.17, 15) is 4.79 Å². The maximum atomic E-state index is 10.9. The van der Waals surface area contributed by atoms with Crippen molar-refractivity contribution in [2.75, 3.05) is 6.54 Å². The summed E-state index contributed by atoms with van der Waals surface area (Å²) in [5.74, 6) is 6.16. The SMILES string of the molecule is CC(=O)Cc1cccc(C#CCCN)c1. The number of hydrogen-bond acceptors (Lipinski definition) is 2. The molecule has 1 aromatic carbocycles. The predicted molar refractivity (Wildman–Crippen MR) is 61.4 cm³/mol. The van der Waals surface area contributed by atoms with E-state index in [2.05, 4.69) is 11.8 Å². The van der Waals surface area contributed by atoms with Crippen LogP contribution in [-0.2, 0) is 11.2 Å². The Labute approximate surface area is 90.5 Å². The summed E-state index contributed by atoms with van der Waals surface area (Å²) in [4.78, 5) is 10.9. The fourth-order valence-corrected chi connectivity index (χ4v) is 1.28. The molecule has 0 heterocycles. The molecule has 78 valence electrons. The molecule has 0 aliphatic carbocycles. The minimum absolute atomic E-state index is 0.169. The molecular formula is C13H15NO. The molecule has 0 spiro atoms. The van der Waals surface area contributed by atoms with Crippen molar-refractivity contribution in [2.24, 2.45) is 5.73 Å². The first kappa shape index (κ1) is 11.5. The third-order valence-electron chi connectivity index (χ3n) is 1.88. The number of rotatable bonds is 3. The first-order chi connectivity index (χ1) is 7.22. The molecule has 0 saturated heterocycles. The van der Waals surface area contributed by atoms with E-state index < -0.39 is 0 Å². The van der Waals surface area contributed by atoms with E-state index >= 15 is 0 Å². The molecule has 1 rings (SSSR count). The molecule has 0 aliphatic heterocycles. The third kappa shape index (κ3) is 4.44. The lowest BCUT2D eigenvalue weighted by atomic mass is 10.1. The molecule has 0 amide bonds. The summed E-state index contributed by atoms with van der Waals surface area (Å²) in [6.45, 7) is 2.17. The van der Waals surface area contributed by atoms with Crippen LogP contribution in [0.2, 0.25) is 0 Å². The van der Waals surface area contributed by atoms with Crippen LogP contribution in [0.15, 0.2) is 24.3 Å². The second kappa shape index (κ2) is 6.00. The van der Waals surface area contributed by atoms with Gasteiger partial charge in [-0.25, -0.2) is 0 Å². The number of benzene rings is 1. The van der Waals surface area contributed by atoms with E-state index in [0.29, 0.717) is 19.4 Å². The first-order valence-corrected chi connectivity index (χ1v) is 4.99. The van der Waals surface area contributed by atoms with Crippen molar-refractivity contribution in [1.82, 2.24) is 0 Å². The van der Waals surface area contributed by atoms with Gasteiger partial charge in [0.05, 0.1) is 0 Å². The number of carbonyl (C=O) groups is 1. The summed E-state index contributed by atoms with van der Waals surface area (Å²) < 4.78 is 0. The fourth-order valence-electron chi connectivity index (χ4n) is 1.28. The van der Waals surface area contributed by atoms with Gasteiger partial charge in [0, 0.05) is 24.9 Å². The Bertz CT molecular complexity index is 398. The lowest BCUT2D eigenvalue weighted by Crippen LogP contribution is -1.96. The monoisotopic (exact) mass is 201 g/mol. The van der Waals surface area contributed by atoms with E-state index in [0.717, 1.165) is 11.1 Å². The molecule has 15 heavy (non-hydrogen) atoms. The Morgan fingerprint density at radius 1 is 1.47 bits per heavy atom. The van der Waals surface area contributed by atoms with Crippen molar-refractivity contribution < 1.29 is 4.79 Å². The van der Waals surface area contributed by atoms with Gasteiger partial charge in [-0.2, -0.15) is 0 Å². The highest BCUT2D eigenvalue weighted by Crippen LogP contribution is 2.05. The topological polar surface area (TPSA) is 43.1 Å². The molecule has 0 saturated carbocycles. The standard InChI is InChI=1S/C13H15NO/c1-11(15)9-13-7-4-6-12(10-13)5-2-3-8-14/h4,6-7,10H,3,8-9,14H2,1H3. The Hall–Kier alpha value is -1.59. The van der Waals surface area contributed by atoms with Crippen LogP contribution in [0.25, 0.3) is 0 Å². The average Bonchev–Trinajstić information content (AvgIpc) is 2.18. The Morgan fingerprint density at radius 3 is 2.93 bits per heavy atom. The predicted octanol–water partition coefficient (Wildman–Crippen LogP) is 1.52. The van der Waals surface area contributed by atoms with Crippen LogP contribution >= 0.6 is 0 Å². The molecule has 2 N–H and O–H groups in total. The van der Waals surface area contributed by atoms with Gasteiger partial charge in [-0.3, -0.25) is 4.79 Å². The van der Waals surface area contributed by atoms with Crippen molar-refractivity contribution in [3.05, 3.63) is 35.4 Å². The zero-order chi connectivity index (χ0) is 11.1. The van der Waals surface area contributed by atoms with Crippen LogP contribution in [0.3, 0.4) is 0 Å². The molecule has 2 heteroatoms. The number of nitrogens with two attached hydrogens (primary N) is 1. The van der Waals surface area contributed by atoms with Crippen LogP contribution in [0.1, 0.15) is 24.5 Å². The van der Waals surface area contributed by atoms with Gasteiger partial charge in [0.2, 0.25) is 0 Å². The van der Waals surface area contributed by atoms with Crippen LogP contribution in [0, 0.1) is 11.8 Å². The lowest BCUT2D eigenvalue weighted by Gasteiger charge is -1.97. The van der Waals surface area contributed by atoms with Gasteiger partial charge in [0.25, 0.3) is 0 Å². The number of hydrogen-bond donors (Lipinski definition) is 1. The van der Waals surface area contributed by atoms with Crippen molar-refractivity contribution >= 4 is 5.78 Å². The zero-order valence-electron chi connectivity index (χ0n) is 8.92. The Morgan fingerprint density at radius 2 is 2.27 bits per heavy atom. The summed E-state index contributed by atoms with van der Waals surface area (Å²) in [6, 6.07) is 7.75. The van der Waals surface area contributed by atoms with E-state index in [1.54, 1.807) is 6.92 Å². The quantitative estimate of drug-likeness (QED) is 0.753. The maximum Gasteiger partial charge on any atom is 0.134 e. The van der Waals surface area contributed by atoms with Crippen LogP contribution < -0.4 is 5.73 Å². The number of ketones is 1. The summed E-state index contributed by atoms with van der Waals surface area (Å²) >= 11 is 0. The second-order valence-corrected chi connectivity index (χ2v) is 3.42. The molecule has 0 aromatic heterocycles. The van der Waals surface area contributed by atoms with E-state index in [1.807, 2.05) is 24.3 Å².